The molecule has 5 rings (SSSR count). The van der Waals surface area contributed by atoms with Crippen molar-refractivity contribution in [2.75, 3.05) is 31.5 Å². The van der Waals surface area contributed by atoms with Gasteiger partial charge in [0.2, 0.25) is 0 Å². The Balaban J connectivity index is 1.55. The summed E-state index contributed by atoms with van der Waals surface area (Å²) in [5, 5.41) is 7.23. The van der Waals surface area contributed by atoms with Gasteiger partial charge in [-0.2, -0.15) is 0 Å². The van der Waals surface area contributed by atoms with Crippen molar-refractivity contribution in [1.29, 1.82) is 0 Å². The van der Waals surface area contributed by atoms with Crippen molar-refractivity contribution >= 4 is 17.2 Å². The van der Waals surface area contributed by atoms with Crippen molar-refractivity contribution in [1.82, 2.24) is 0 Å². The van der Waals surface area contributed by atoms with Crippen LogP contribution in [0.15, 0.2) is 78.0 Å². The maximum atomic E-state index is 13.8. The van der Waals surface area contributed by atoms with Crippen LogP contribution in [0.4, 0.5) is 11.4 Å². The van der Waals surface area contributed by atoms with Gasteiger partial charge in [0.15, 0.2) is 17.3 Å². The molecular weight excluding hydrogens is 452 g/mol. The van der Waals surface area contributed by atoms with Crippen LogP contribution < -0.4 is 24.8 Å². The quantitative estimate of drug-likeness (QED) is 0.400. The van der Waals surface area contributed by atoms with Gasteiger partial charge < -0.3 is 24.8 Å². The molecule has 0 spiro atoms. The summed E-state index contributed by atoms with van der Waals surface area (Å²) in [5.41, 5.74) is 5.75. The predicted molar refractivity (Wildman–Crippen MR) is 142 cm³/mol. The molecule has 6 nitrogen and oxygen atoms in total. The number of nitrogens with one attached hydrogen (secondary N) is 2. The number of ether oxygens (including phenoxy) is 3. The number of rotatable bonds is 7. The molecule has 0 aromatic heterocycles. The third kappa shape index (κ3) is 4.63. The van der Waals surface area contributed by atoms with E-state index in [-0.39, 0.29) is 17.7 Å². The summed E-state index contributed by atoms with van der Waals surface area (Å²) in [7, 11) is 3.30. The number of hydrogen-bond donors (Lipinski definition) is 2. The first kappa shape index (κ1) is 23.8. The average Bonchev–Trinajstić information content (AvgIpc) is 3.09. The van der Waals surface area contributed by atoms with E-state index >= 15 is 0 Å². The highest BCUT2D eigenvalue weighted by atomic mass is 16.5. The van der Waals surface area contributed by atoms with E-state index in [4.69, 9.17) is 14.2 Å². The van der Waals surface area contributed by atoms with Crippen LogP contribution in [0.2, 0.25) is 0 Å². The first-order valence-electron chi connectivity index (χ1n) is 12.4. The number of hydrogen-bond acceptors (Lipinski definition) is 6. The lowest BCUT2D eigenvalue weighted by Gasteiger charge is -2.30. The standard InChI is InChI=1S/C30H32N2O4/c1-4-15-36-27-14-11-20(18-28(27)35-3)30-29-25(31-23-7-5-6-8-24(23)32-30)16-21(17-26(29)33)19-9-12-22(34-2)13-10-19/h5-14,18,21,30-32H,4,15-17H2,1-3H3/t21-,30-/m0/s1. The second-order valence-corrected chi connectivity index (χ2v) is 9.20. The third-order valence-electron chi connectivity index (χ3n) is 6.88. The zero-order chi connectivity index (χ0) is 25.1. The second-order valence-electron chi connectivity index (χ2n) is 9.20. The molecule has 1 heterocycles. The Morgan fingerprint density at radius 3 is 2.33 bits per heavy atom. The molecule has 0 amide bonds. The lowest BCUT2D eigenvalue weighted by molar-refractivity contribution is -0.116. The van der Waals surface area contributed by atoms with Gasteiger partial charge in [0, 0.05) is 17.7 Å². The molecule has 2 aliphatic rings. The zero-order valence-corrected chi connectivity index (χ0v) is 21.0. The Hall–Kier alpha value is -3.93. The number of benzene rings is 3. The van der Waals surface area contributed by atoms with Gasteiger partial charge in [-0.05, 0) is 66.3 Å². The van der Waals surface area contributed by atoms with Crippen LogP contribution in [0.5, 0.6) is 17.2 Å². The molecule has 0 radical (unpaired) electrons. The number of methoxy groups -OCH3 is 2. The molecule has 0 unspecified atom stereocenters. The topological polar surface area (TPSA) is 68.8 Å². The molecule has 1 aliphatic carbocycles. The van der Waals surface area contributed by atoms with Crippen LogP contribution in [0, 0.1) is 0 Å². The summed E-state index contributed by atoms with van der Waals surface area (Å²) in [5.74, 6) is 2.42. The number of fused-ring (bicyclic) bond motifs is 1. The Bertz CT molecular complexity index is 1280. The van der Waals surface area contributed by atoms with Crippen LogP contribution in [-0.4, -0.2) is 26.6 Å². The molecule has 2 N–H and O–H groups in total. The molecule has 36 heavy (non-hydrogen) atoms. The lowest BCUT2D eigenvalue weighted by atomic mass is 9.78. The molecule has 2 atom stereocenters. The summed E-state index contributed by atoms with van der Waals surface area (Å²) in [6.07, 6.45) is 2.11. The van der Waals surface area contributed by atoms with Gasteiger partial charge in [-0.1, -0.05) is 37.3 Å². The van der Waals surface area contributed by atoms with Crippen LogP contribution in [0.1, 0.15) is 49.3 Å². The fourth-order valence-corrected chi connectivity index (χ4v) is 5.05. The molecule has 0 bridgehead atoms. The van der Waals surface area contributed by atoms with E-state index < -0.39 is 0 Å². The van der Waals surface area contributed by atoms with E-state index in [0.29, 0.717) is 24.5 Å². The highest BCUT2D eigenvalue weighted by Crippen LogP contribution is 2.45. The number of carbonyl (C=O) groups is 1. The third-order valence-corrected chi connectivity index (χ3v) is 6.88. The van der Waals surface area contributed by atoms with Crippen molar-refractivity contribution in [2.24, 2.45) is 0 Å². The maximum Gasteiger partial charge on any atom is 0.163 e. The zero-order valence-electron chi connectivity index (χ0n) is 21.0. The number of carbonyl (C=O) groups excluding carboxylic acids is 1. The summed E-state index contributed by atoms with van der Waals surface area (Å²) < 4.78 is 16.8. The average molecular weight is 485 g/mol. The van der Waals surface area contributed by atoms with E-state index in [1.54, 1.807) is 14.2 Å². The van der Waals surface area contributed by atoms with E-state index in [0.717, 1.165) is 52.4 Å². The fraction of sp³-hybridized carbons (Fsp3) is 0.300. The van der Waals surface area contributed by atoms with Crippen molar-refractivity contribution in [2.45, 2.75) is 38.1 Å². The van der Waals surface area contributed by atoms with Gasteiger partial charge in [0.05, 0.1) is 38.2 Å². The first-order valence-corrected chi connectivity index (χ1v) is 12.4. The Kier molecular flexibility index (Phi) is 6.85. The minimum atomic E-state index is -0.311. The highest BCUT2D eigenvalue weighted by molar-refractivity contribution is 6.01. The smallest absolute Gasteiger partial charge is 0.163 e. The van der Waals surface area contributed by atoms with Gasteiger partial charge >= 0.3 is 0 Å². The minimum absolute atomic E-state index is 0.0972. The second kappa shape index (κ2) is 10.4. The molecule has 0 fully saturated rings. The number of allylic oxidation sites excluding steroid dienone is 1. The van der Waals surface area contributed by atoms with Gasteiger partial charge in [-0.15, -0.1) is 0 Å². The number of anilines is 2. The Morgan fingerprint density at radius 2 is 1.61 bits per heavy atom. The van der Waals surface area contributed by atoms with Gasteiger partial charge in [0.1, 0.15) is 5.75 Å². The lowest BCUT2D eigenvalue weighted by Crippen LogP contribution is -2.26. The van der Waals surface area contributed by atoms with Crippen molar-refractivity contribution < 1.29 is 19.0 Å². The fourth-order valence-electron chi connectivity index (χ4n) is 5.05. The van der Waals surface area contributed by atoms with E-state index in [9.17, 15) is 4.79 Å². The van der Waals surface area contributed by atoms with Crippen molar-refractivity contribution in [3.8, 4) is 17.2 Å². The van der Waals surface area contributed by atoms with E-state index in [2.05, 4.69) is 29.7 Å². The molecule has 6 heteroatoms. The SMILES string of the molecule is CCCOc1ccc([C@@H]2Nc3ccccc3NC3=C2C(=O)C[C@@H](c2ccc(OC)cc2)C3)cc1OC. The summed E-state index contributed by atoms with van der Waals surface area (Å²) in [4.78, 5) is 13.8. The molecule has 0 saturated carbocycles. The Labute approximate surface area is 212 Å². The van der Waals surface area contributed by atoms with E-state index in [1.165, 1.54) is 0 Å². The van der Waals surface area contributed by atoms with Crippen molar-refractivity contribution in [3.05, 3.63) is 89.1 Å². The molecular formula is C30H32N2O4. The van der Waals surface area contributed by atoms with Crippen LogP contribution >= 0.6 is 0 Å². The largest absolute Gasteiger partial charge is 0.497 e. The highest BCUT2D eigenvalue weighted by Gasteiger charge is 2.36. The molecule has 0 saturated heterocycles. The van der Waals surface area contributed by atoms with Crippen molar-refractivity contribution in [3.63, 3.8) is 0 Å². The first-order chi connectivity index (χ1) is 17.6. The normalized spacial score (nSPS) is 18.8. The molecule has 3 aromatic carbocycles. The number of para-hydroxylation sites is 2. The Morgan fingerprint density at radius 1 is 0.861 bits per heavy atom. The van der Waals surface area contributed by atoms with Crippen LogP contribution in [-0.2, 0) is 4.79 Å². The maximum absolute atomic E-state index is 13.8. The van der Waals surface area contributed by atoms with Crippen LogP contribution in [0.25, 0.3) is 0 Å². The number of Topliss-reactive ketones (excluding diaryl/α,β-unsaturated/α-hetero) is 1. The summed E-state index contributed by atoms with van der Waals surface area (Å²) >= 11 is 0. The minimum Gasteiger partial charge on any atom is -0.497 e. The molecule has 1 aliphatic heterocycles. The summed E-state index contributed by atoms with van der Waals surface area (Å²) in [6.45, 7) is 2.69. The summed E-state index contributed by atoms with van der Waals surface area (Å²) in [6, 6.07) is 21.7. The van der Waals surface area contributed by atoms with Gasteiger partial charge in [-0.25, -0.2) is 0 Å². The molecule has 3 aromatic rings. The van der Waals surface area contributed by atoms with E-state index in [1.807, 2.05) is 54.6 Å². The predicted octanol–water partition coefficient (Wildman–Crippen LogP) is 6.47. The number of ketones is 1. The van der Waals surface area contributed by atoms with Gasteiger partial charge in [-0.3, -0.25) is 4.79 Å². The monoisotopic (exact) mass is 484 g/mol. The van der Waals surface area contributed by atoms with Crippen LogP contribution in [0.3, 0.4) is 0 Å². The molecule has 186 valence electrons. The van der Waals surface area contributed by atoms with Gasteiger partial charge in [0.25, 0.3) is 0 Å².